The maximum Gasteiger partial charge on any atom is 0.147 e. The number of ether oxygens (including phenoxy) is 1. The second kappa shape index (κ2) is 6.28. The number of nitrogens with one attached hydrogen (secondary N) is 1. The van der Waals surface area contributed by atoms with Gasteiger partial charge >= 0.3 is 0 Å². The molecule has 0 spiro atoms. The molecule has 0 saturated carbocycles. The summed E-state index contributed by atoms with van der Waals surface area (Å²) in [5.41, 5.74) is 7.90. The summed E-state index contributed by atoms with van der Waals surface area (Å²) in [5.74, 6) is 1.28. The minimum Gasteiger partial charge on any atom is -0.394 e. The van der Waals surface area contributed by atoms with Gasteiger partial charge in [-0.05, 0) is 31.6 Å². The van der Waals surface area contributed by atoms with Crippen LogP contribution in [-0.2, 0) is 11.8 Å². The standard InChI is InChI=1S/C14H26N4O/c1-10(2)13-12(15)14(18(3)17-13)16-8-7-11-6-4-5-9-19-11/h10-11,16H,4-9,15H2,1-3H3. The Balaban J connectivity index is 1.88. The number of rotatable bonds is 5. The zero-order valence-electron chi connectivity index (χ0n) is 12.3. The average Bonchev–Trinajstić information content (AvgIpc) is 2.68. The molecule has 0 radical (unpaired) electrons. The van der Waals surface area contributed by atoms with Crippen LogP contribution in [0.15, 0.2) is 0 Å². The van der Waals surface area contributed by atoms with E-state index in [9.17, 15) is 0 Å². The Morgan fingerprint density at radius 3 is 2.84 bits per heavy atom. The largest absolute Gasteiger partial charge is 0.394 e. The number of nitrogens with zero attached hydrogens (tertiary/aromatic N) is 2. The Labute approximate surface area is 115 Å². The van der Waals surface area contributed by atoms with Crippen LogP contribution in [0.2, 0.25) is 0 Å². The van der Waals surface area contributed by atoms with Crippen molar-refractivity contribution in [1.82, 2.24) is 9.78 Å². The summed E-state index contributed by atoms with van der Waals surface area (Å²) in [5, 5.41) is 7.87. The lowest BCUT2D eigenvalue weighted by atomic mass is 10.1. The fourth-order valence-electron chi connectivity index (χ4n) is 2.58. The van der Waals surface area contributed by atoms with E-state index in [2.05, 4.69) is 24.3 Å². The van der Waals surface area contributed by atoms with Crippen molar-refractivity contribution < 1.29 is 4.74 Å². The Hall–Kier alpha value is -1.23. The van der Waals surface area contributed by atoms with Crippen LogP contribution in [-0.4, -0.2) is 29.0 Å². The Morgan fingerprint density at radius 2 is 2.26 bits per heavy atom. The van der Waals surface area contributed by atoms with Crippen LogP contribution in [0.1, 0.15) is 51.1 Å². The summed E-state index contributed by atoms with van der Waals surface area (Å²) >= 11 is 0. The van der Waals surface area contributed by atoms with E-state index in [-0.39, 0.29) is 0 Å². The molecule has 1 aliphatic heterocycles. The van der Waals surface area contributed by atoms with E-state index in [1.165, 1.54) is 19.3 Å². The van der Waals surface area contributed by atoms with Gasteiger partial charge in [0.2, 0.25) is 0 Å². The number of hydrogen-bond donors (Lipinski definition) is 2. The van der Waals surface area contributed by atoms with Gasteiger partial charge in [-0.2, -0.15) is 5.10 Å². The van der Waals surface area contributed by atoms with Gasteiger partial charge in [0.1, 0.15) is 5.82 Å². The lowest BCUT2D eigenvalue weighted by molar-refractivity contribution is 0.0134. The van der Waals surface area contributed by atoms with Gasteiger partial charge in [0.15, 0.2) is 0 Å². The van der Waals surface area contributed by atoms with Crippen molar-refractivity contribution in [2.24, 2.45) is 7.05 Å². The van der Waals surface area contributed by atoms with Gasteiger partial charge in [-0.1, -0.05) is 13.8 Å². The minimum absolute atomic E-state index is 0.350. The van der Waals surface area contributed by atoms with Gasteiger partial charge in [0, 0.05) is 20.2 Å². The van der Waals surface area contributed by atoms with E-state index in [0.717, 1.165) is 36.8 Å². The molecule has 5 heteroatoms. The fourth-order valence-corrected chi connectivity index (χ4v) is 2.58. The topological polar surface area (TPSA) is 65.1 Å². The van der Waals surface area contributed by atoms with Gasteiger partial charge in [0.25, 0.3) is 0 Å². The highest BCUT2D eigenvalue weighted by atomic mass is 16.5. The van der Waals surface area contributed by atoms with Crippen molar-refractivity contribution in [1.29, 1.82) is 0 Å². The molecule has 1 unspecified atom stereocenters. The molecule has 19 heavy (non-hydrogen) atoms. The van der Waals surface area contributed by atoms with Crippen LogP contribution in [0, 0.1) is 0 Å². The predicted octanol–water partition coefficient (Wildman–Crippen LogP) is 2.50. The molecule has 1 aliphatic rings. The summed E-state index contributed by atoms with van der Waals surface area (Å²) in [7, 11) is 1.93. The smallest absolute Gasteiger partial charge is 0.147 e. The molecular formula is C14H26N4O. The zero-order chi connectivity index (χ0) is 13.8. The molecule has 0 aromatic carbocycles. The molecule has 1 saturated heterocycles. The lowest BCUT2D eigenvalue weighted by Crippen LogP contribution is -2.22. The molecule has 0 bridgehead atoms. The maximum absolute atomic E-state index is 6.15. The Morgan fingerprint density at radius 1 is 1.47 bits per heavy atom. The third-order valence-corrected chi connectivity index (χ3v) is 3.69. The zero-order valence-corrected chi connectivity index (χ0v) is 12.3. The van der Waals surface area contributed by atoms with Crippen LogP contribution < -0.4 is 11.1 Å². The molecule has 5 nitrogen and oxygen atoms in total. The van der Waals surface area contributed by atoms with E-state index in [1.54, 1.807) is 0 Å². The van der Waals surface area contributed by atoms with Gasteiger partial charge in [0.05, 0.1) is 17.5 Å². The average molecular weight is 266 g/mol. The lowest BCUT2D eigenvalue weighted by Gasteiger charge is -2.22. The van der Waals surface area contributed by atoms with Crippen molar-refractivity contribution in [3.63, 3.8) is 0 Å². The van der Waals surface area contributed by atoms with Crippen LogP contribution >= 0.6 is 0 Å². The molecule has 0 amide bonds. The van der Waals surface area contributed by atoms with E-state index in [0.29, 0.717) is 12.0 Å². The number of aryl methyl sites for hydroxylation is 1. The summed E-state index contributed by atoms with van der Waals surface area (Å²) in [6.45, 7) is 6.01. The number of hydrogen-bond acceptors (Lipinski definition) is 4. The first-order chi connectivity index (χ1) is 9.09. The monoisotopic (exact) mass is 266 g/mol. The Kier molecular flexibility index (Phi) is 4.69. The molecule has 2 heterocycles. The van der Waals surface area contributed by atoms with Crippen molar-refractivity contribution in [3.8, 4) is 0 Å². The maximum atomic E-state index is 6.15. The van der Waals surface area contributed by atoms with Crippen molar-refractivity contribution in [2.45, 2.75) is 51.6 Å². The van der Waals surface area contributed by atoms with Gasteiger partial charge in [-0.3, -0.25) is 4.68 Å². The molecule has 1 atom stereocenters. The fraction of sp³-hybridized carbons (Fsp3) is 0.786. The summed E-state index contributed by atoms with van der Waals surface area (Å²) in [6.07, 6.45) is 5.11. The highest BCUT2D eigenvalue weighted by Gasteiger charge is 2.17. The number of nitrogens with two attached hydrogens (primary N) is 1. The molecule has 108 valence electrons. The van der Waals surface area contributed by atoms with E-state index in [4.69, 9.17) is 10.5 Å². The number of anilines is 2. The summed E-state index contributed by atoms with van der Waals surface area (Å²) in [6, 6.07) is 0. The highest BCUT2D eigenvalue weighted by Crippen LogP contribution is 2.27. The molecule has 1 fully saturated rings. The van der Waals surface area contributed by atoms with Gasteiger partial charge in [-0.15, -0.1) is 0 Å². The second-order valence-corrected chi connectivity index (χ2v) is 5.63. The van der Waals surface area contributed by atoms with Crippen LogP contribution in [0.5, 0.6) is 0 Å². The molecule has 1 aromatic rings. The third kappa shape index (κ3) is 3.41. The first-order valence-electron chi connectivity index (χ1n) is 7.27. The highest BCUT2D eigenvalue weighted by molar-refractivity contribution is 5.65. The molecule has 1 aromatic heterocycles. The van der Waals surface area contributed by atoms with Crippen molar-refractivity contribution >= 4 is 11.5 Å². The molecular weight excluding hydrogens is 240 g/mol. The van der Waals surface area contributed by atoms with Crippen LogP contribution in [0.25, 0.3) is 0 Å². The molecule has 2 rings (SSSR count). The van der Waals surface area contributed by atoms with Crippen LogP contribution in [0.4, 0.5) is 11.5 Å². The van der Waals surface area contributed by atoms with Crippen molar-refractivity contribution in [2.75, 3.05) is 24.2 Å². The van der Waals surface area contributed by atoms with Crippen LogP contribution in [0.3, 0.4) is 0 Å². The van der Waals surface area contributed by atoms with E-state index >= 15 is 0 Å². The van der Waals surface area contributed by atoms with E-state index < -0.39 is 0 Å². The summed E-state index contributed by atoms with van der Waals surface area (Å²) in [4.78, 5) is 0. The molecule has 0 aliphatic carbocycles. The number of aromatic nitrogens is 2. The quantitative estimate of drug-likeness (QED) is 0.859. The first kappa shape index (κ1) is 14.2. The molecule has 3 N–H and O–H groups in total. The Bertz CT molecular complexity index is 408. The minimum atomic E-state index is 0.350. The normalized spacial score (nSPS) is 19.9. The van der Waals surface area contributed by atoms with Gasteiger partial charge in [-0.25, -0.2) is 0 Å². The second-order valence-electron chi connectivity index (χ2n) is 5.63. The van der Waals surface area contributed by atoms with Gasteiger partial charge < -0.3 is 15.8 Å². The number of nitrogen functional groups attached to an aromatic ring is 1. The first-order valence-corrected chi connectivity index (χ1v) is 7.27. The third-order valence-electron chi connectivity index (χ3n) is 3.69. The summed E-state index contributed by atoms with van der Waals surface area (Å²) < 4.78 is 7.57. The van der Waals surface area contributed by atoms with E-state index in [1.807, 2.05) is 11.7 Å². The van der Waals surface area contributed by atoms with Crippen molar-refractivity contribution in [3.05, 3.63) is 5.69 Å². The SMILES string of the molecule is CC(C)c1nn(C)c(NCCC2CCCCO2)c1N. The predicted molar refractivity (Wildman–Crippen MR) is 78.4 cm³/mol.